The number of esters is 1. The number of benzene rings is 2. The molecule has 6 aliphatic rings. The Morgan fingerprint density at radius 1 is 0.913 bits per heavy atom. The Kier molecular flexibility index (Phi) is 15.3. The molecule has 0 aromatic heterocycles. The molecule has 9 atom stereocenters. The van der Waals surface area contributed by atoms with Crippen LogP contribution in [0.4, 0.5) is 5.69 Å². The van der Waals surface area contributed by atoms with Gasteiger partial charge in [0.2, 0.25) is 5.91 Å². The zero-order valence-corrected chi connectivity index (χ0v) is 41.7. The topological polar surface area (TPSA) is 229 Å². The number of piperidine rings is 2. The number of carbonyl (C=O) groups is 4. The Morgan fingerprint density at radius 3 is 2.25 bits per heavy atom. The van der Waals surface area contributed by atoms with Gasteiger partial charge >= 0.3 is 11.8 Å². The van der Waals surface area contributed by atoms with E-state index in [4.69, 9.17) is 23.9 Å². The lowest BCUT2D eigenvalue weighted by molar-refractivity contribution is -0.165. The number of phenolic OH excluding ortho intramolecular Hbond substituents is 2. The maximum absolute atomic E-state index is 14.9. The summed E-state index contributed by atoms with van der Waals surface area (Å²) < 4.78 is 24.5. The van der Waals surface area contributed by atoms with Gasteiger partial charge in [-0.2, -0.15) is 0 Å². The molecule has 17 nitrogen and oxygen atoms in total. The number of Topliss-reactive ketones (excluding diaryl/α,β-unsaturated/α-hetero) is 1. The number of ketones is 1. The molecule has 2 saturated heterocycles. The van der Waals surface area contributed by atoms with E-state index in [9.17, 15) is 39.6 Å². The summed E-state index contributed by atoms with van der Waals surface area (Å²) in [7, 11) is 1.45. The first-order valence-electron chi connectivity index (χ1n) is 24.5. The number of fused-ring (bicyclic) bond motifs is 13. The van der Waals surface area contributed by atoms with Gasteiger partial charge in [-0.05, 0) is 45.1 Å². The minimum Gasteiger partial charge on any atom is -0.507 e. The Balaban J connectivity index is 1.33. The van der Waals surface area contributed by atoms with E-state index in [-0.39, 0.29) is 55.6 Å². The highest BCUT2D eigenvalue weighted by atomic mass is 16.7. The SMILES string of the molecule is CO[C@H]1/C=C/O[C@@]2(C)Oc3c(C)c(O)c4c(O)c(c5c(c4c3C2=O)NC2(CCN(CC(C)C)CC2)N=5)=NC(=O)/C(C)=C\C=C\[C@H](C)[C@H](O)[C@@H](C)[C@@H](O)[C@@H](C)[C@H](OC(=O)CC(=O)N2CCCCC2)[C@@H]1C. The van der Waals surface area contributed by atoms with Crippen LogP contribution in [0.2, 0.25) is 0 Å². The number of aromatic hydroxyl groups is 2. The highest BCUT2D eigenvalue weighted by Gasteiger charge is 2.51. The van der Waals surface area contributed by atoms with Gasteiger partial charge in [-0.25, -0.2) is 4.99 Å². The lowest BCUT2D eigenvalue weighted by atomic mass is 9.78. The molecule has 17 heteroatoms. The van der Waals surface area contributed by atoms with Crippen LogP contribution in [0.5, 0.6) is 17.2 Å². The maximum Gasteiger partial charge on any atom is 0.315 e. The van der Waals surface area contributed by atoms with E-state index >= 15 is 0 Å². The van der Waals surface area contributed by atoms with Gasteiger partial charge in [0.05, 0.1) is 41.2 Å². The molecular formula is C52H71N5O12. The van der Waals surface area contributed by atoms with Gasteiger partial charge in [-0.3, -0.25) is 24.2 Å². The van der Waals surface area contributed by atoms with Crippen molar-refractivity contribution in [2.45, 2.75) is 137 Å². The molecule has 376 valence electrons. The van der Waals surface area contributed by atoms with E-state index in [0.717, 1.165) is 25.8 Å². The number of ether oxygens (including phenoxy) is 4. The summed E-state index contributed by atoms with van der Waals surface area (Å²) in [5.74, 6) is -7.67. The molecular weight excluding hydrogens is 887 g/mol. The second-order valence-electron chi connectivity index (χ2n) is 20.5. The first kappa shape index (κ1) is 51.5. The number of aliphatic hydroxyl groups is 2. The Morgan fingerprint density at radius 2 is 1.59 bits per heavy atom. The fraction of sp³-hybridized carbons (Fsp3) is 0.615. The number of phenols is 2. The number of aliphatic hydroxyl groups excluding tert-OH is 2. The van der Waals surface area contributed by atoms with Crippen molar-refractivity contribution in [3.05, 3.63) is 58.0 Å². The Hall–Kier alpha value is -5.36. The minimum atomic E-state index is -2.00. The molecule has 5 bridgehead atoms. The van der Waals surface area contributed by atoms with Crippen LogP contribution in [0.3, 0.4) is 0 Å². The van der Waals surface area contributed by atoms with Crippen molar-refractivity contribution in [1.82, 2.24) is 9.80 Å². The molecule has 2 aromatic carbocycles. The van der Waals surface area contributed by atoms with Crippen LogP contribution in [-0.4, -0.2) is 129 Å². The summed E-state index contributed by atoms with van der Waals surface area (Å²) >= 11 is 0. The van der Waals surface area contributed by atoms with E-state index in [1.807, 2.05) is 0 Å². The molecule has 69 heavy (non-hydrogen) atoms. The second kappa shape index (κ2) is 20.5. The lowest BCUT2D eigenvalue weighted by Crippen LogP contribution is -2.47. The van der Waals surface area contributed by atoms with Gasteiger partial charge in [-0.1, -0.05) is 59.8 Å². The molecule has 1 spiro atoms. The number of methoxy groups -OCH3 is 1. The van der Waals surface area contributed by atoms with Crippen LogP contribution in [0.25, 0.3) is 10.8 Å². The molecule has 0 saturated carbocycles. The summed E-state index contributed by atoms with van der Waals surface area (Å²) in [6.45, 7) is 19.2. The standard InChI is InChI=1S/C52H71N5O12/c1-27(2)26-56-22-18-52(19-23-56)54-40-37-38-45(62)33(8)48-39(37)49(64)51(9,69-48)67-24-17-34(66-10)30(5)47(68-36(59)25-35(58)57-20-12-11-13-21-57)32(7)44(61)31(6)43(60)28(3)15-14-16-29(4)50(65)53-42(46(38)63)41(40)55-52/h14-17,24,27-28,30-32,34,43-44,47,54,60-63H,11-13,18-23,25-26H2,1-10H3/b15-14+,24-17+,29-16-,53-42?/t28-,30+,31+,32+,34-,43-,44+,47+,51-/m0/s1. The molecule has 5 N–H and O–H groups in total. The van der Waals surface area contributed by atoms with Crippen molar-refractivity contribution in [2.75, 3.05) is 45.2 Å². The van der Waals surface area contributed by atoms with Crippen LogP contribution < -0.4 is 20.8 Å². The van der Waals surface area contributed by atoms with E-state index in [0.29, 0.717) is 50.6 Å². The first-order valence-corrected chi connectivity index (χ1v) is 24.5. The third kappa shape index (κ3) is 10.2. The number of anilines is 1. The molecule has 0 aliphatic carbocycles. The highest BCUT2D eigenvalue weighted by molar-refractivity contribution is 6.21. The van der Waals surface area contributed by atoms with Crippen molar-refractivity contribution in [3.8, 4) is 17.2 Å². The molecule has 2 amide bonds. The molecule has 0 radical (unpaired) electrons. The largest absolute Gasteiger partial charge is 0.507 e. The molecule has 2 aromatic rings. The molecule has 6 heterocycles. The van der Waals surface area contributed by atoms with Gasteiger partial charge in [-0.15, -0.1) is 0 Å². The Labute approximate surface area is 403 Å². The maximum atomic E-state index is 14.9. The summed E-state index contributed by atoms with van der Waals surface area (Å²) in [6, 6.07) is 0. The highest BCUT2D eigenvalue weighted by Crippen LogP contribution is 2.51. The number of rotatable bonds is 6. The van der Waals surface area contributed by atoms with E-state index in [1.54, 1.807) is 58.6 Å². The monoisotopic (exact) mass is 958 g/mol. The van der Waals surface area contributed by atoms with Crippen LogP contribution in [0.1, 0.15) is 110 Å². The molecule has 6 aliphatic heterocycles. The Bertz CT molecular complexity index is 2560. The molecule has 8 rings (SSSR count). The average molecular weight is 958 g/mol. The van der Waals surface area contributed by atoms with Crippen molar-refractivity contribution >= 4 is 40.0 Å². The third-order valence-electron chi connectivity index (χ3n) is 14.9. The van der Waals surface area contributed by atoms with Gasteiger partial charge in [0.1, 0.15) is 40.4 Å². The fourth-order valence-electron chi connectivity index (χ4n) is 10.6. The van der Waals surface area contributed by atoms with Gasteiger partial charge < -0.3 is 54.5 Å². The number of allylic oxidation sites excluding steroid dienone is 2. The van der Waals surface area contributed by atoms with Gasteiger partial charge in [0, 0.05) is 99.8 Å². The minimum absolute atomic E-state index is 0.0317. The van der Waals surface area contributed by atoms with E-state index in [2.05, 4.69) is 29.1 Å². The normalized spacial score (nSPS) is 31.6. The number of hydrogen-bond donors (Lipinski definition) is 5. The van der Waals surface area contributed by atoms with Crippen molar-refractivity contribution in [3.63, 3.8) is 0 Å². The van der Waals surface area contributed by atoms with E-state index < -0.39 is 89.4 Å². The average Bonchev–Trinajstić information content (AvgIpc) is 3.82. The van der Waals surface area contributed by atoms with Gasteiger partial charge in [0.25, 0.3) is 11.7 Å². The number of carbonyl (C=O) groups excluding carboxylic acids is 4. The fourth-order valence-corrected chi connectivity index (χ4v) is 10.6. The number of amides is 2. The summed E-state index contributed by atoms with van der Waals surface area (Å²) in [5, 5.41) is 51.2. The lowest BCUT2D eigenvalue weighted by Gasteiger charge is -2.38. The molecule has 2 fully saturated rings. The molecule has 0 unspecified atom stereocenters. The predicted molar refractivity (Wildman–Crippen MR) is 257 cm³/mol. The zero-order valence-electron chi connectivity index (χ0n) is 41.7. The summed E-state index contributed by atoms with van der Waals surface area (Å²) in [6.07, 6.45) is 6.75. The van der Waals surface area contributed by atoms with Crippen molar-refractivity contribution < 1.29 is 58.6 Å². The number of likely N-dealkylation sites (tertiary alicyclic amines) is 2. The van der Waals surface area contributed by atoms with E-state index in [1.165, 1.54) is 32.4 Å². The first-order chi connectivity index (χ1) is 32.6. The second-order valence-corrected chi connectivity index (χ2v) is 20.5. The van der Waals surface area contributed by atoms with Crippen LogP contribution in [0.15, 0.2) is 46.1 Å². The van der Waals surface area contributed by atoms with Crippen LogP contribution in [0, 0.1) is 36.5 Å². The van der Waals surface area contributed by atoms with Crippen LogP contribution >= 0.6 is 0 Å². The number of nitrogens with zero attached hydrogens (tertiary/aromatic N) is 4. The quantitative estimate of drug-likeness (QED) is 0.144. The van der Waals surface area contributed by atoms with Crippen molar-refractivity contribution in [1.29, 1.82) is 0 Å². The number of nitrogens with one attached hydrogen (secondary N) is 1. The summed E-state index contributed by atoms with van der Waals surface area (Å²) in [5.41, 5.74) is -0.212. The summed E-state index contributed by atoms with van der Waals surface area (Å²) in [4.78, 5) is 69.2. The van der Waals surface area contributed by atoms with Crippen LogP contribution in [-0.2, 0) is 28.6 Å². The van der Waals surface area contributed by atoms with Crippen molar-refractivity contribution in [2.24, 2.45) is 39.6 Å². The predicted octanol–water partition coefficient (Wildman–Crippen LogP) is 5.13. The number of hydrogen-bond acceptors (Lipinski definition) is 15. The smallest absolute Gasteiger partial charge is 0.315 e. The van der Waals surface area contributed by atoms with Gasteiger partial charge in [0.15, 0.2) is 5.75 Å². The third-order valence-corrected chi connectivity index (χ3v) is 14.9. The zero-order chi connectivity index (χ0) is 50.3.